The number of β-amino-alcohol motifs (C(OH)–C–C–N with tert-alkyl or cyclic N) is 1. The van der Waals surface area contributed by atoms with Crippen LogP contribution in [-0.2, 0) is 4.79 Å². The van der Waals surface area contributed by atoms with E-state index in [1.165, 1.54) is 0 Å². The molecule has 1 fully saturated rings. The third-order valence-electron chi connectivity index (χ3n) is 2.63. The van der Waals surface area contributed by atoms with E-state index >= 15 is 0 Å². The van der Waals surface area contributed by atoms with Gasteiger partial charge in [0, 0.05) is 32.7 Å². The summed E-state index contributed by atoms with van der Waals surface area (Å²) in [4.78, 5) is 15.8. The first-order valence-electron chi connectivity index (χ1n) is 5.36. The van der Waals surface area contributed by atoms with Gasteiger partial charge in [0.25, 0.3) is 0 Å². The SMILES string of the molecule is CC(C)(N)C(=O)N1CCN(CCO)CC1.Cl. The lowest BCUT2D eigenvalue weighted by atomic mass is 10.0. The Labute approximate surface area is 103 Å². The predicted octanol–water partition coefficient (Wildman–Crippen LogP) is -0.718. The molecule has 0 unspecified atom stereocenters. The van der Waals surface area contributed by atoms with Crippen LogP contribution in [0.15, 0.2) is 0 Å². The van der Waals surface area contributed by atoms with Crippen molar-refractivity contribution in [3.05, 3.63) is 0 Å². The lowest BCUT2D eigenvalue weighted by Crippen LogP contribution is -2.57. The van der Waals surface area contributed by atoms with Crippen molar-refractivity contribution in [2.45, 2.75) is 19.4 Å². The lowest BCUT2D eigenvalue weighted by Gasteiger charge is -2.37. The highest BCUT2D eigenvalue weighted by Crippen LogP contribution is 2.08. The maximum Gasteiger partial charge on any atom is 0.242 e. The summed E-state index contributed by atoms with van der Waals surface area (Å²) >= 11 is 0. The smallest absolute Gasteiger partial charge is 0.242 e. The Hall–Kier alpha value is -0.360. The van der Waals surface area contributed by atoms with Gasteiger partial charge in [-0.25, -0.2) is 0 Å². The molecule has 5 nitrogen and oxygen atoms in total. The molecule has 0 atom stereocenters. The van der Waals surface area contributed by atoms with Crippen molar-refractivity contribution in [2.24, 2.45) is 5.73 Å². The number of rotatable bonds is 3. The molecule has 0 spiro atoms. The van der Waals surface area contributed by atoms with Crippen LogP contribution in [-0.4, -0.2) is 65.7 Å². The van der Waals surface area contributed by atoms with Crippen molar-refractivity contribution >= 4 is 18.3 Å². The van der Waals surface area contributed by atoms with Crippen LogP contribution in [0, 0.1) is 0 Å². The summed E-state index contributed by atoms with van der Waals surface area (Å²) in [6.45, 7) is 7.39. The first-order chi connectivity index (χ1) is 6.95. The molecule has 0 saturated carbocycles. The fourth-order valence-corrected chi connectivity index (χ4v) is 1.72. The van der Waals surface area contributed by atoms with Crippen molar-refractivity contribution in [3.8, 4) is 0 Å². The second-order valence-corrected chi connectivity index (χ2v) is 4.58. The van der Waals surface area contributed by atoms with E-state index in [-0.39, 0.29) is 24.9 Å². The van der Waals surface area contributed by atoms with E-state index in [0.717, 1.165) is 13.1 Å². The molecule has 0 radical (unpaired) electrons. The monoisotopic (exact) mass is 251 g/mol. The molecule has 0 aromatic rings. The number of piperazine rings is 1. The van der Waals surface area contributed by atoms with Gasteiger partial charge in [-0.15, -0.1) is 12.4 Å². The predicted molar refractivity (Wildman–Crippen MR) is 65.6 cm³/mol. The number of aliphatic hydroxyl groups excluding tert-OH is 1. The molecular formula is C10H22ClN3O2. The molecule has 1 heterocycles. The van der Waals surface area contributed by atoms with Gasteiger partial charge in [0.2, 0.25) is 5.91 Å². The highest BCUT2D eigenvalue weighted by Gasteiger charge is 2.29. The maximum atomic E-state index is 11.8. The number of carbonyl (C=O) groups excluding carboxylic acids is 1. The van der Waals surface area contributed by atoms with E-state index in [9.17, 15) is 4.79 Å². The molecule has 96 valence electrons. The molecule has 0 bridgehead atoms. The van der Waals surface area contributed by atoms with Crippen molar-refractivity contribution < 1.29 is 9.90 Å². The van der Waals surface area contributed by atoms with Gasteiger partial charge in [-0.3, -0.25) is 9.69 Å². The Morgan fingerprint density at radius 2 is 1.81 bits per heavy atom. The zero-order chi connectivity index (χ0) is 11.5. The Morgan fingerprint density at radius 3 is 2.19 bits per heavy atom. The number of nitrogens with two attached hydrogens (primary N) is 1. The first kappa shape index (κ1) is 15.6. The van der Waals surface area contributed by atoms with Crippen LogP contribution in [0.1, 0.15) is 13.8 Å². The summed E-state index contributed by atoms with van der Waals surface area (Å²) in [5.74, 6) is 0.00569. The zero-order valence-corrected chi connectivity index (χ0v) is 10.8. The quantitative estimate of drug-likeness (QED) is 0.695. The number of amides is 1. The Bertz CT molecular complexity index is 223. The first-order valence-corrected chi connectivity index (χ1v) is 5.36. The number of carbonyl (C=O) groups is 1. The van der Waals surface area contributed by atoms with Gasteiger partial charge < -0.3 is 15.7 Å². The van der Waals surface area contributed by atoms with Gasteiger partial charge in [0.15, 0.2) is 0 Å². The average molecular weight is 252 g/mol. The largest absolute Gasteiger partial charge is 0.395 e. The number of aliphatic hydroxyl groups is 1. The molecule has 16 heavy (non-hydrogen) atoms. The summed E-state index contributed by atoms with van der Waals surface area (Å²) in [7, 11) is 0. The van der Waals surface area contributed by atoms with E-state index in [1.807, 2.05) is 0 Å². The average Bonchev–Trinajstić information content (AvgIpc) is 2.17. The minimum Gasteiger partial charge on any atom is -0.395 e. The molecule has 0 aromatic heterocycles. The van der Waals surface area contributed by atoms with Gasteiger partial charge in [0.1, 0.15) is 0 Å². The summed E-state index contributed by atoms with van der Waals surface area (Å²) < 4.78 is 0. The molecular weight excluding hydrogens is 230 g/mol. The third kappa shape index (κ3) is 4.25. The lowest BCUT2D eigenvalue weighted by molar-refractivity contribution is -0.137. The molecule has 1 aliphatic rings. The van der Waals surface area contributed by atoms with E-state index in [1.54, 1.807) is 18.7 Å². The van der Waals surface area contributed by atoms with Crippen LogP contribution in [0.5, 0.6) is 0 Å². The van der Waals surface area contributed by atoms with Crippen molar-refractivity contribution in [1.82, 2.24) is 9.80 Å². The van der Waals surface area contributed by atoms with Gasteiger partial charge in [-0.05, 0) is 13.8 Å². The Morgan fingerprint density at radius 1 is 1.31 bits per heavy atom. The van der Waals surface area contributed by atoms with Gasteiger partial charge in [-0.2, -0.15) is 0 Å². The van der Waals surface area contributed by atoms with E-state index in [0.29, 0.717) is 19.6 Å². The highest BCUT2D eigenvalue weighted by molar-refractivity contribution is 5.85. The molecule has 1 amide bonds. The second kappa shape index (κ2) is 6.39. The van der Waals surface area contributed by atoms with Gasteiger partial charge >= 0.3 is 0 Å². The maximum absolute atomic E-state index is 11.8. The molecule has 0 aromatic carbocycles. The van der Waals surface area contributed by atoms with Crippen LogP contribution >= 0.6 is 12.4 Å². The number of nitrogens with zero attached hydrogens (tertiary/aromatic N) is 2. The van der Waals surface area contributed by atoms with Crippen LogP contribution in [0.2, 0.25) is 0 Å². The van der Waals surface area contributed by atoms with Crippen LogP contribution in [0.4, 0.5) is 0 Å². The molecule has 3 N–H and O–H groups in total. The summed E-state index contributed by atoms with van der Waals surface area (Å²) in [5, 5.41) is 8.78. The Kier molecular flexibility index (Phi) is 6.25. The summed E-state index contributed by atoms with van der Waals surface area (Å²) in [6.07, 6.45) is 0. The minimum atomic E-state index is -0.779. The van der Waals surface area contributed by atoms with Gasteiger partial charge in [-0.1, -0.05) is 0 Å². The molecule has 1 aliphatic heterocycles. The normalized spacial score (nSPS) is 18.1. The van der Waals surface area contributed by atoms with Crippen molar-refractivity contribution in [3.63, 3.8) is 0 Å². The van der Waals surface area contributed by atoms with Crippen LogP contribution < -0.4 is 5.73 Å². The Balaban J connectivity index is 0.00000225. The fourth-order valence-electron chi connectivity index (χ4n) is 1.72. The molecule has 6 heteroatoms. The van der Waals surface area contributed by atoms with Crippen LogP contribution in [0.3, 0.4) is 0 Å². The number of hydrogen-bond acceptors (Lipinski definition) is 4. The van der Waals surface area contributed by atoms with E-state index < -0.39 is 5.54 Å². The molecule has 1 saturated heterocycles. The molecule has 1 rings (SSSR count). The number of hydrogen-bond donors (Lipinski definition) is 2. The summed E-state index contributed by atoms with van der Waals surface area (Å²) in [6, 6.07) is 0. The fraction of sp³-hybridized carbons (Fsp3) is 0.900. The standard InChI is InChI=1S/C10H21N3O2.ClH/c1-10(2,11)9(15)13-5-3-12(4-6-13)7-8-14;/h14H,3-8,11H2,1-2H3;1H. The third-order valence-corrected chi connectivity index (χ3v) is 2.63. The van der Waals surface area contributed by atoms with Gasteiger partial charge in [0.05, 0.1) is 12.1 Å². The summed E-state index contributed by atoms with van der Waals surface area (Å²) in [5.41, 5.74) is 4.98. The second-order valence-electron chi connectivity index (χ2n) is 4.58. The van der Waals surface area contributed by atoms with E-state index in [4.69, 9.17) is 10.8 Å². The molecule has 0 aliphatic carbocycles. The topological polar surface area (TPSA) is 69.8 Å². The van der Waals surface area contributed by atoms with Crippen molar-refractivity contribution in [2.75, 3.05) is 39.3 Å². The highest BCUT2D eigenvalue weighted by atomic mass is 35.5. The van der Waals surface area contributed by atoms with Crippen LogP contribution in [0.25, 0.3) is 0 Å². The zero-order valence-electron chi connectivity index (χ0n) is 9.98. The minimum absolute atomic E-state index is 0. The van der Waals surface area contributed by atoms with Crippen molar-refractivity contribution in [1.29, 1.82) is 0 Å². The number of halogens is 1. The van der Waals surface area contributed by atoms with E-state index in [2.05, 4.69) is 4.90 Å².